The van der Waals surface area contributed by atoms with Gasteiger partial charge in [0.25, 0.3) is 10.0 Å². The molecule has 4 rings (SSSR count). The molecule has 0 bridgehead atoms. The molecule has 0 aliphatic rings. The van der Waals surface area contributed by atoms with Crippen molar-refractivity contribution in [1.82, 2.24) is 19.6 Å². The molecule has 201 valence electrons. The van der Waals surface area contributed by atoms with Crippen LogP contribution in [-0.2, 0) is 32.7 Å². The molecule has 13 heteroatoms. The van der Waals surface area contributed by atoms with Gasteiger partial charge >= 0.3 is 6.03 Å². The van der Waals surface area contributed by atoms with Crippen LogP contribution >= 0.6 is 11.6 Å². The largest absolute Gasteiger partial charge is 0.337 e. The third-order valence-electron chi connectivity index (χ3n) is 5.95. The summed E-state index contributed by atoms with van der Waals surface area (Å²) in [7, 11) is -7.45. The summed E-state index contributed by atoms with van der Waals surface area (Å²) in [4.78, 5) is 16.8. The Morgan fingerprint density at radius 2 is 1.64 bits per heavy atom. The number of sulfonamides is 1. The topological polar surface area (TPSA) is 127 Å². The Kier molecular flexibility index (Phi) is 9.90. The Balaban J connectivity index is 0.00000420. The van der Waals surface area contributed by atoms with E-state index in [9.17, 15) is 21.6 Å². The molecule has 3 aromatic carbocycles. The summed E-state index contributed by atoms with van der Waals surface area (Å²) in [5.74, 6) is 0.752. The van der Waals surface area contributed by atoms with Gasteiger partial charge in [-0.15, -0.1) is 0 Å². The Bertz CT molecular complexity index is 1720. The number of urea groups is 1. The van der Waals surface area contributed by atoms with Crippen molar-refractivity contribution in [3.63, 3.8) is 0 Å². The maximum absolute atomic E-state index is 12.4. The third kappa shape index (κ3) is 7.22. The normalized spacial score (nSPS) is 11.7. The molecule has 1 heterocycles. The first-order valence-corrected chi connectivity index (χ1v) is 15.5. The van der Waals surface area contributed by atoms with E-state index in [-0.39, 0.29) is 50.9 Å². The maximum atomic E-state index is 12.4. The maximum Gasteiger partial charge on any atom is 0.328 e. The van der Waals surface area contributed by atoms with Gasteiger partial charge in [-0.3, -0.25) is 4.57 Å². The van der Waals surface area contributed by atoms with Gasteiger partial charge in [-0.25, -0.2) is 31.3 Å². The summed E-state index contributed by atoms with van der Waals surface area (Å²) in [6, 6.07) is 16.1. The van der Waals surface area contributed by atoms with Crippen LogP contribution in [0.3, 0.4) is 0 Å². The second kappa shape index (κ2) is 12.4. The zero-order chi connectivity index (χ0) is 27.7. The molecule has 4 aromatic rings. The molecule has 0 spiro atoms. The van der Waals surface area contributed by atoms with Gasteiger partial charge in [-0.2, -0.15) is 0 Å². The van der Waals surface area contributed by atoms with Gasteiger partial charge in [0.15, 0.2) is 9.84 Å². The third-order valence-corrected chi connectivity index (χ3v) is 8.85. The summed E-state index contributed by atoms with van der Waals surface area (Å²) in [6.45, 7) is 4.03. The molecule has 1 radical (unpaired) electrons. The Labute approximate surface area is 255 Å². The molecular formula is C26H27ClN4NaO5S2. The van der Waals surface area contributed by atoms with Crippen LogP contribution in [0.1, 0.15) is 23.9 Å². The van der Waals surface area contributed by atoms with Crippen molar-refractivity contribution < 1.29 is 21.6 Å². The summed E-state index contributed by atoms with van der Waals surface area (Å²) in [6.07, 6.45) is 2.21. The van der Waals surface area contributed by atoms with Crippen LogP contribution in [0.15, 0.2) is 70.5 Å². The Hall–Kier alpha value is -2.41. The molecule has 2 N–H and O–H groups in total. The molecular weight excluding hydrogens is 571 g/mol. The molecule has 0 unspecified atom stereocenters. The minimum atomic E-state index is -3.95. The number of hydrogen-bond acceptors (Lipinski definition) is 6. The number of sulfone groups is 1. The summed E-state index contributed by atoms with van der Waals surface area (Å²) < 4.78 is 52.8. The first kappa shape index (κ1) is 31.1. The van der Waals surface area contributed by atoms with E-state index in [1.807, 2.05) is 47.4 Å². The number of hydrogen-bond donors (Lipinski definition) is 2. The second-order valence-electron chi connectivity index (χ2n) is 8.85. The molecule has 0 fully saturated rings. The van der Waals surface area contributed by atoms with Crippen LogP contribution in [0, 0.1) is 6.92 Å². The van der Waals surface area contributed by atoms with Crippen molar-refractivity contribution in [3.05, 3.63) is 82.6 Å². The molecule has 1 aromatic heterocycles. The molecule has 0 saturated carbocycles. The van der Waals surface area contributed by atoms with Gasteiger partial charge in [0, 0.05) is 54.5 Å². The first-order chi connectivity index (χ1) is 17.9. The fourth-order valence-corrected chi connectivity index (χ4v) is 6.25. The molecule has 9 nitrogen and oxygen atoms in total. The van der Waals surface area contributed by atoms with E-state index in [0.717, 1.165) is 28.9 Å². The number of nitrogens with one attached hydrogen (secondary N) is 2. The number of nitrogens with zero attached hydrogens (tertiary/aromatic N) is 2. The molecule has 0 aliphatic heterocycles. The van der Waals surface area contributed by atoms with Crippen LogP contribution in [0.5, 0.6) is 0 Å². The predicted molar refractivity (Wildman–Crippen MR) is 153 cm³/mol. The average Bonchev–Trinajstić information content (AvgIpc) is 3.20. The van der Waals surface area contributed by atoms with Gasteiger partial charge < -0.3 is 5.32 Å². The quantitative estimate of drug-likeness (QED) is 0.297. The van der Waals surface area contributed by atoms with Gasteiger partial charge in [0.1, 0.15) is 5.82 Å². The second-order valence-corrected chi connectivity index (χ2v) is 12.9. The van der Waals surface area contributed by atoms with E-state index < -0.39 is 25.9 Å². The smallest absolute Gasteiger partial charge is 0.328 e. The van der Waals surface area contributed by atoms with Crippen LogP contribution in [0.2, 0.25) is 5.02 Å². The van der Waals surface area contributed by atoms with Gasteiger partial charge in [-0.05, 0) is 55.3 Å². The standard InChI is InChI=1S/C26H27ClN4O5S2.Na/c1-4-25-29-22-16-24(37(3,33)34)21(27)15-23(22)31(25)19-9-7-18(8-10-19)13-14-28-26(32)30-38(35,36)20-11-5-17(2)6-12-20;/h5-12,15-16H,4,13-14H2,1-3H3,(H2,28,30,32);. The van der Waals surface area contributed by atoms with Gasteiger partial charge in [-0.1, -0.05) is 48.4 Å². The zero-order valence-corrected chi connectivity index (χ0v) is 26.4. The summed E-state index contributed by atoms with van der Waals surface area (Å²) in [5, 5.41) is 2.70. The van der Waals surface area contributed by atoms with Crippen molar-refractivity contribution in [2.75, 3.05) is 12.8 Å². The predicted octanol–water partition coefficient (Wildman–Crippen LogP) is 3.80. The number of carbonyl (C=O) groups excluding carboxylic acids is 1. The molecule has 0 saturated heterocycles. The number of fused-ring (bicyclic) bond motifs is 1. The number of rotatable bonds is 8. The minimum absolute atomic E-state index is 0. The SMILES string of the molecule is CCc1nc2cc(S(C)(=O)=O)c(Cl)cc2n1-c1ccc(CCNC(=O)NS(=O)(=O)c2ccc(C)cc2)cc1.[Na]. The fraction of sp³-hybridized carbons (Fsp3) is 0.231. The van der Waals surface area contributed by atoms with E-state index in [0.29, 0.717) is 23.9 Å². The zero-order valence-electron chi connectivity index (χ0n) is 22.0. The number of halogens is 1. The molecule has 39 heavy (non-hydrogen) atoms. The van der Waals surface area contributed by atoms with Crippen molar-refractivity contribution in [3.8, 4) is 5.69 Å². The number of imidazole rings is 1. The number of aryl methyl sites for hydroxylation is 2. The van der Waals surface area contributed by atoms with E-state index in [2.05, 4.69) is 10.3 Å². The van der Waals surface area contributed by atoms with Crippen LogP contribution in [0.4, 0.5) is 4.79 Å². The summed E-state index contributed by atoms with van der Waals surface area (Å²) >= 11 is 6.29. The van der Waals surface area contributed by atoms with Crippen molar-refractivity contribution >= 4 is 78.1 Å². The van der Waals surface area contributed by atoms with Gasteiger partial charge in [0.05, 0.1) is 25.8 Å². The fourth-order valence-electron chi connectivity index (χ4n) is 4.00. The summed E-state index contributed by atoms with van der Waals surface area (Å²) in [5.41, 5.74) is 3.89. The van der Waals surface area contributed by atoms with E-state index in [1.165, 1.54) is 18.2 Å². The molecule has 0 atom stereocenters. The first-order valence-electron chi connectivity index (χ1n) is 11.8. The van der Waals surface area contributed by atoms with Crippen molar-refractivity contribution in [2.24, 2.45) is 0 Å². The molecule has 0 aliphatic carbocycles. The van der Waals surface area contributed by atoms with Crippen LogP contribution < -0.4 is 10.0 Å². The Morgan fingerprint density at radius 1 is 1.00 bits per heavy atom. The average molecular weight is 598 g/mol. The Morgan fingerprint density at radius 3 is 2.23 bits per heavy atom. The number of amides is 2. The minimum Gasteiger partial charge on any atom is -0.337 e. The van der Waals surface area contributed by atoms with Crippen LogP contribution in [0.25, 0.3) is 16.7 Å². The van der Waals surface area contributed by atoms with E-state index in [1.54, 1.807) is 18.2 Å². The van der Waals surface area contributed by atoms with Crippen molar-refractivity contribution in [1.29, 1.82) is 0 Å². The number of carbonyl (C=O) groups is 1. The molecule has 2 amide bonds. The van der Waals surface area contributed by atoms with Gasteiger partial charge in [0.2, 0.25) is 0 Å². The van der Waals surface area contributed by atoms with E-state index in [4.69, 9.17) is 11.6 Å². The monoisotopic (exact) mass is 597 g/mol. The van der Waals surface area contributed by atoms with Crippen molar-refractivity contribution in [2.45, 2.75) is 36.5 Å². The number of benzene rings is 3. The van der Waals surface area contributed by atoms with E-state index >= 15 is 0 Å². The van der Waals surface area contributed by atoms with Crippen LogP contribution in [-0.4, -0.2) is 74.8 Å². The number of aromatic nitrogens is 2.